The lowest BCUT2D eigenvalue weighted by atomic mass is 10.1. The van der Waals surface area contributed by atoms with E-state index in [1.165, 1.54) is 17.4 Å². The first-order valence-electron chi connectivity index (χ1n) is 8.29. The molecule has 5 nitrogen and oxygen atoms in total. The molecular weight excluding hydrogens is 391 g/mol. The first-order valence-corrected chi connectivity index (χ1v) is 9.17. The average Bonchev–Trinajstić information content (AvgIpc) is 3.10. The highest BCUT2D eigenvalue weighted by atomic mass is 32.1. The van der Waals surface area contributed by atoms with Crippen molar-refractivity contribution in [3.05, 3.63) is 59.5 Å². The number of thiazole rings is 1. The van der Waals surface area contributed by atoms with Crippen LogP contribution in [0.4, 0.5) is 34.5 Å². The number of halogens is 3. The van der Waals surface area contributed by atoms with Gasteiger partial charge < -0.3 is 10.1 Å². The predicted octanol–water partition coefficient (Wildman–Crippen LogP) is 6.14. The van der Waals surface area contributed by atoms with E-state index in [1.54, 1.807) is 36.6 Å². The van der Waals surface area contributed by atoms with Gasteiger partial charge in [-0.15, -0.1) is 11.3 Å². The summed E-state index contributed by atoms with van der Waals surface area (Å²) in [5.74, 6) is 0. The van der Waals surface area contributed by atoms with Crippen LogP contribution in [0.25, 0.3) is 11.3 Å². The fourth-order valence-electron chi connectivity index (χ4n) is 2.40. The van der Waals surface area contributed by atoms with Gasteiger partial charge in [0.05, 0.1) is 17.9 Å². The van der Waals surface area contributed by atoms with Crippen LogP contribution in [-0.2, 0) is 10.9 Å². The molecule has 0 aliphatic heterocycles. The second-order valence-corrected chi connectivity index (χ2v) is 6.53. The molecule has 1 aromatic heterocycles. The van der Waals surface area contributed by atoms with Gasteiger partial charge in [0.15, 0.2) is 5.13 Å². The van der Waals surface area contributed by atoms with Crippen molar-refractivity contribution in [3.63, 3.8) is 0 Å². The molecule has 0 unspecified atom stereocenters. The van der Waals surface area contributed by atoms with Gasteiger partial charge in [-0.1, -0.05) is 18.2 Å². The quantitative estimate of drug-likeness (QED) is 0.533. The van der Waals surface area contributed by atoms with Crippen molar-refractivity contribution >= 4 is 33.9 Å². The molecule has 1 amide bonds. The van der Waals surface area contributed by atoms with E-state index in [1.807, 2.05) is 6.07 Å². The Morgan fingerprint density at radius 1 is 1.14 bits per heavy atom. The lowest BCUT2D eigenvalue weighted by molar-refractivity contribution is -0.137. The molecule has 2 N–H and O–H groups in total. The molecule has 9 heteroatoms. The monoisotopic (exact) mass is 407 g/mol. The number of aromatic nitrogens is 1. The van der Waals surface area contributed by atoms with Crippen molar-refractivity contribution < 1.29 is 22.7 Å². The standard InChI is InChI=1S/C19H16F3N3O2S/c1-2-27-18(26)24-14-7-3-5-12(9-14)16-11-28-17(25-16)23-15-8-4-6-13(10-15)19(20,21)22/h3-11H,2H2,1H3,(H,23,25)(H,24,26). The van der Waals surface area contributed by atoms with Crippen molar-refractivity contribution in [2.24, 2.45) is 0 Å². The normalized spacial score (nSPS) is 11.1. The van der Waals surface area contributed by atoms with Gasteiger partial charge in [-0.25, -0.2) is 9.78 Å². The number of hydrogen-bond donors (Lipinski definition) is 2. The zero-order valence-corrected chi connectivity index (χ0v) is 15.5. The van der Waals surface area contributed by atoms with Gasteiger partial charge in [0, 0.05) is 22.3 Å². The molecule has 0 saturated carbocycles. The fourth-order valence-corrected chi connectivity index (χ4v) is 3.14. The Morgan fingerprint density at radius 3 is 2.64 bits per heavy atom. The number of benzene rings is 2. The van der Waals surface area contributed by atoms with Crippen LogP contribution >= 0.6 is 11.3 Å². The fraction of sp³-hybridized carbons (Fsp3) is 0.158. The van der Waals surface area contributed by atoms with Crippen LogP contribution < -0.4 is 10.6 Å². The van der Waals surface area contributed by atoms with Crippen LogP contribution in [0, 0.1) is 0 Å². The van der Waals surface area contributed by atoms with E-state index in [0.717, 1.165) is 17.7 Å². The highest BCUT2D eigenvalue weighted by Crippen LogP contribution is 2.33. The smallest absolute Gasteiger partial charge is 0.416 e. The molecule has 0 aliphatic carbocycles. The van der Waals surface area contributed by atoms with E-state index in [2.05, 4.69) is 15.6 Å². The van der Waals surface area contributed by atoms with E-state index < -0.39 is 17.8 Å². The summed E-state index contributed by atoms with van der Waals surface area (Å²) >= 11 is 1.26. The largest absolute Gasteiger partial charge is 0.450 e. The summed E-state index contributed by atoms with van der Waals surface area (Å²) < 4.78 is 43.3. The number of alkyl halides is 3. The van der Waals surface area contributed by atoms with E-state index >= 15 is 0 Å². The summed E-state index contributed by atoms with van der Waals surface area (Å²) in [6, 6.07) is 12.0. The van der Waals surface area contributed by atoms with Crippen LogP contribution in [-0.4, -0.2) is 17.7 Å². The summed E-state index contributed by atoms with van der Waals surface area (Å²) in [5, 5.41) is 7.73. The number of nitrogens with zero attached hydrogens (tertiary/aromatic N) is 1. The van der Waals surface area contributed by atoms with Gasteiger partial charge in [0.1, 0.15) is 0 Å². The molecular formula is C19H16F3N3O2S. The first kappa shape index (κ1) is 19.7. The lowest BCUT2D eigenvalue weighted by Gasteiger charge is -2.09. The second kappa shape index (κ2) is 8.30. The average molecular weight is 407 g/mol. The van der Waals surface area contributed by atoms with E-state index in [-0.39, 0.29) is 6.61 Å². The van der Waals surface area contributed by atoms with Crippen molar-refractivity contribution in [2.75, 3.05) is 17.2 Å². The topological polar surface area (TPSA) is 63.2 Å². The van der Waals surface area contributed by atoms with Gasteiger partial charge in [-0.05, 0) is 37.3 Å². The third-order valence-electron chi connectivity index (χ3n) is 3.63. The Morgan fingerprint density at radius 2 is 1.89 bits per heavy atom. The molecule has 0 radical (unpaired) electrons. The van der Waals surface area contributed by atoms with Crippen molar-refractivity contribution in [3.8, 4) is 11.3 Å². The maximum absolute atomic E-state index is 12.8. The van der Waals surface area contributed by atoms with Crippen LogP contribution in [0.1, 0.15) is 12.5 Å². The highest BCUT2D eigenvalue weighted by Gasteiger charge is 2.30. The number of amides is 1. The second-order valence-electron chi connectivity index (χ2n) is 5.67. The number of hydrogen-bond acceptors (Lipinski definition) is 5. The van der Waals surface area contributed by atoms with E-state index in [9.17, 15) is 18.0 Å². The summed E-state index contributed by atoms with van der Waals surface area (Å²) in [4.78, 5) is 15.9. The summed E-state index contributed by atoms with van der Waals surface area (Å²) in [6.45, 7) is 1.98. The van der Waals surface area contributed by atoms with E-state index in [4.69, 9.17) is 4.74 Å². The van der Waals surface area contributed by atoms with E-state index in [0.29, 0.717) is 22.2 Å². The molecule has 0 fully saturated rings. The third-order valence-corrected chi connectivity index (χ3v) is 4.38. The molecule has 28 heavy (non-hydrogen) atoms. The van der Waals surface area contributed by atoms with Gasteiger partial charge in [0.25, 0.3) is 0 Å². The van der Waals surface area contributed by atoms with Crippen LogP contribution in [0.5, 0.6) is 0 Å². The summed E-state index contributed by atoms with van der Waals surface area (Å²) in [7, 11) is 0. The molecule has 3 rings (SSSR count). The predicted molar refractivity (Wildman–Crippen MR) is 103 cm³/mol. The Bertz CT molecular complexity index is 973. The zero-order chi connectivity index (χ0) is 20.1. The Kier molecular flexibility index (Phi) is 5.84. The number of anilines is 3. The van der Waals surface area contributed by atoms with Crippen LogP contribution in [0.3, 0.4) is 0 Å². The van der Waals surface area contributed by atoms with Crippen molar-refractivity contribution in [1.82, 2.24) is 4.98 Å². The van der Waals surface area contributed by atoms with Gasteiger partial charge in [-0.3, -0.25) is 5.32 Å². The zero-order valence-electron chi connectivity index (χ0n) is 14.7. The van der Waals surface area contributed by atoms with Gasteiger partial charge >= 0.3 is 12.3 Å². The lowest BCUT2D eigenvalue weighted by Crippen LogP contribution is -2.13. The van der Waals surface area contributed by atoms with Crippen molar-refractivity contribution in [1.29, 1.82) is 0 Å². The maximum atomic E-state index is 12.8. The molecule has 146 valence electrons. The molecule has 0 saturated heterocycles. The molecule has 0 aliphatic rings. The molecule has 0 atom stereocenters. The van der Waals surface area contributed by atoms with Crippen molar-refractivity contribution in [2.45, 2.75) is 13.1 Å². The Hall–Kier alpha value is -3.07. The number of nitrogens with one attached hydrogen (secondary N) is 2. The molecule has 0 spiro atoms. The first-order chi connectivity index (χ1) is 13.3. The SMILES string of the molecule is CCOC(=O)Nc1cccc(-c2csc(Nc3cccc(C(F)(F)F)c3)n2)c1. The van der Waals surface area contributed by atoms with Gasteiger partial charge in [-0.2, -0.15) is 13.2 Å². The summed E-state index contributed by atoms with van der Waals surface area (Å²) in [6.07, 6.45) is -4.96. The summed E-state index contributed by atoms with van der Waals surface area (Å²) in [5.41, 5.74) is 1.51. The minimum Gasteiger partial charge on any atom is -0.450 e. The number of rotatable bonds is 5. The molecule has 1 heterocycles. The molecule has 3 aromatic rings. The highest BCUT2D eigenvalue weighted by molar-refractivity contribution is 7.14. The Balaban J connectivity index is 1.75. The molecule has 0 bridgehead atoms. The van der Waals surface area contributed by atoms with Gasteiger partial charge in [0.2, 0.25) is 0 Å². The number of ether oxygens (including phenoxy) is 1. The maximum Gasteiger partial charge on any atom is 0.416 e. The number of carbonyl (C=O) groups excluding carboxylic acids is 1. The van der Waals surface area contributed by atoms with Crippen LogP contribution in [0.2, 0.25) is 0 Å². The minimum absolute atomic E-state index is 0.266. The Labute approximate surface area is 163 Å². The number of carbonyl (C=O) groups is 1. The molecule has 2 aromatic carbocycles. The van der Waals surface area contributed by atoms with Crippen LogP contribution in [0.15, 0.2) is 53.9 Å². The minimum atomic E-state index is -4.40. The third kappa shape index (κ3) is 5.01.